The molecule has 0 saturated heterocycles. The molecule has 0 unspecified atom stereocenters. The van der Waals surface area contributed by atoms with Crippen molar-refractivity contribution in [2.75, 3.05) is 5.32 Å². The summed E-state index contributed by atoms with van der Waals surface area (Å²) in [4.78, 5) is 23.8. The number of rotatable bonds is 4. The van der Waals surface area contributed by atoms with Crippen LogP contribution >= 0.6 is 11.3 Å². The molecule has 0 bridgehead atoms. The van der Waals surface area contributed by atoms with Crippen molar-refractivity contribution in [2.24, 2.45) is 5.73 Å². The lowest BCUT2D eigenvalue weighted by molar-refractivity contribution is -0.115. The Balaban J connectivity index is 2.41. The summed E-state index contributed by atoms with van der Waals surface area (Å²) < 4.78 is 0. The number of nitrogens with two attached hydrogens (primary N) is 1. The number of amides is 2. The van der Waals surface area contributed by atoms with Crippen molar-refractivity contribution in [3.63, 3.8) is 0 Å². The normalized spacial score (nSPS) is 10.2. The molecule has 0 aliphatic heterocycles. The van der Waals surface area contributed by atoms with Crippen LogP contribution in [0.3, 0.4) is 0 Å². The third kappa shape index (κ3) is 3.00. The van der Waals surface area contributed by atoms with Gasteiger partial charge in [-0.25, -0.2) is 0 Å². The molecule has 0 fully saturated rings. The van der Waals surface area contributed by atoms with Gasteiger partial charge in [0, 0.05) is 11.3 Å². The number of carbonyl (C=O) groups excluding carboxylic acids is 2. The predicted octanol–water partition coefficient (Wildman–Crippen LogP) is 2.86. The van der Waals surface area contributed by atoms with Gasteiger partial charge in [-0.05, 0) is 11.6 Å². The highest BCUT2D eigenvalue weighted by atomic mass is 32.1. The molecule has 1 aromatic heterocycles. The molecule has 2 amide bonds. The lowest BCUT2D eigenvalue weighted by Crippen LogP contribution is -2.15. The SMILES string of the molecule is CCC(=O)Nc1sc(-c2ccccc2)cc1C(N)=O. The Morgan fingerprint density at radius 2 is 1.95 bits per heavy atom. The Bertz CT molecular complexity index is 605. The fraction of sp³-hybridized carbons (Fsp3) is 0.143. The zero-order valence-electron chi connectivity index (χ0n) is 10.5. The minimum Gasteiger partial charge on any atom is -0.366 e. The fourth-order valence-electron chi connectivity index (χ4n) is 1.63. The van der Waals surface area contributed by atoms with Crippen molar-refractivity contribution in [3.05, 3.63) is 42.0 Å². The number of carbonyl (C=O) groups is 2. The lowest BCUT2D eigenvalue weighted by Gasteiger charge is -2.01. The molecule has 4 nitrogen and oxygen atoms in total. The van der Waals surface area contributed by atoms with Crippen LogP contribution in [0.15, 0.2) is 36.4 Å². The van der Waals surface area contributed by atoms with E-state index in [-0.39, 0.29) is 5.91 Å². The van der Waals surface area contributed by atoms with Gasteiger partial charge in [-0.15, -0.1) is 11.3 Å². The van der Waals surface area contributed by atoms with E-state index in [1.165, 1.54) is 11.3 Å². The Morgan fingerprint density at radius 1 is 1.26 bits per heavy atom. The van der Waals surface area contributed by atoms with Gasteiger partial charge in [0.1, 0.15) is 5.00 Å². The first kappa shape index (κ1) is 13.3. The van der Waals surface area contributed by atoms with Crippen LogP contribution in [0.25, 0.3) is 10.4 Å². The van der Waals surface area contributed by atoms with Crippen molar-refractivity contribution in [3.8, 4) is 10.4 Å². The average molecular weight is 274 g/mol. The zero-order valence-corrected chi connectivity index (χ0v) is 11.3. The van der Waals surface area contributed by atoms with E-state index in [0.717, 1.165) is 10.4 Å². The van der Waals surface area contributed by atoms with E-state index in [1.807, 2.05) is 30.3 Å². The smallest absolute Gasteiger partial charge is 0.251 e. The standard InChI is InChI=1S/C14H14N2O2S/c1-2-12(17)16-14-10(13(15)18)8-11(19-14)9-6-4-3-5-7-9/h3-8H,2H2,1H3,(H2,15,18)(H,16,17). The number of nitrogens with one attached hydrogen (secondary N) is 1. The molecular weight excluding hydrogens is 260 g/mol. The van der Waals surface area contributed by atoms with Gasteiger partial charge in [0.15, 0.2) is 0 Å². The summed E-state index contributed by atoms with van der Waals surface area (Å²) >= 11 is 1.35. The van der Waals surface area contributed by atoms with E-state index in [4.69, 9.17) is 5.73 Å². The molecule has 3 N–H and O–H groups in total. The van der Waals surface area contributed by atoms with Crippen LogP contribution in [-0.2, 0) is 4.79 Å². The Labute approximate surface area is 115 Å². The summed E-state index contributed by atoms with van der Waals surface area (Å²) in [7, 11) is 0. The maximum atomic E-state index is 11.4. The van der Waals surface area contributed by atoms with E-state index in [2.05, 4.69) is 5.32 Å². The first-order valence-electron chi connectivity index (χ1n) is 5.90. The molecule has 0 saturated carbocycles. The highest BCUT2D eigenvalue weighted by molar-refractivity contribution is 7.20. The summed E-state index contributed by atoms with van der Waals surface area (Å²) in [5, 5.41) is 3.22. The van der Waals surface area contributed by atoms with E-state index in [1.54, 1.807) is 13.0 Å². The molecule has 19 heavy (non-hydrogen) atoms. The van der Waals surface area contributed by atoms with Crippen molar-refractivity contribution in [2.45, 2.75) is 13.3 Å². The van der Waals surface area contributed by atoms with E-state index >= 15 is 0 Å². The van der Waals surface area contributed by atoms with Gasteiger partial charge >= 0.3 is 0 Å². The van der Waals surface area contributed by atoms with Gasteiger partial charge in [-0.3, -0.25) is 9.59 Å². The van der Waals surface area contributed by atoms with Gasteiger partial charge < -0.3 is 11.1 Å². The molecular formula is C14H14N2O2S. The lowest BCUT2D eigenvalue weighted by atomic mass is 10.1. The summed E-state index contributed by atoms with van der Waals surface area (Å²) in [6.07, 6.45) is 0.358. The van der Waals surface area contributed by atoms with Crippen LogP contribution < -0.4 is 11.1 Å². The molecule has 1 aromatic carbocycles. The van der Waals surface area contributed by atoms with Crippen LogP contribution in [0.1, 0.15) is 23.7 Å². The van der Waals surface area contributed by atoms with Gasteiger partial charge in [-0.2, -0.15) is 0 Å². The summed E-state index contributed by atoms with van der Waals surface area (Å²) in [5.41, 5.74) is 6.68. The largest absolute Gasteiger partial charge is 0.366 e. The summed E-state index contributed by atoms with van der Waals surface area (Å²) in [5.74, 6) is -0.672. The molecule has 0 aliphatic carbocycles. The topological polar surface area (TPSA) is 72.2 Å². The second-order valence-electron chi connectivity index (χ2n) is 3.99. The summed E-state index contributed by atoms with van der Waals surface area (Å²) in [6, 6.07) is 11.4. The second-order valence-corrected chi connectivity index (χ2v) is 5.04. The number of benzene rings is 1. The molecule has 1 heterocycles. The fourth-order valence-corrected chi connectivity index (χ4v) is 2.71. The highest BCUT2D eigenvalue weighted by Gasteiger charge is 2.16. The van der Waals surface area contributed by atoms with Crippen molar-refractivity contribution < 1.29 is 9.59 Å². The van der Waals surface area contributed by atoms with Crippen LogP contribution in [-0.4, -0.2) is 11.8 Å². The number of thiophene rings is 1. The molecule has 0 atom stereocenters. The van der Waals surface area contributed by atoms with Crippen molar-refractivity contribution in [1.82, 2.24) is 0 Å². The molecule has 0 spiro atoms. The van der Waals surface area contributed by atoms with Crippen LogP contribution in [0.4, 0.5) is 5.00 Å². The molecule has 98 valence electrons. The molecule has 5 heteroatoms. The Morgan fingerprint density at radius 3 is 2.53 bits per heavy atom. The van der Waals surface area contributed by atoms with Gasteiger partial charge in [0.05, 0.1) is 5.56 Å². The first-order valence-corrected chi connectivity index (χ1v) is 6.72. The number of hydrogen-bond donors (Lipinski definition) is 2. The van der Waals surface area contributed by atoms with Gasteiger partial charge in [0.2, 0.25) is 5.91 Å². The second kappa shape index (κ2) is 5.67. The van der Waals surface area contributed by atoms with E-state index in [9.17, 15) is 9.59 Å². The van der Waals surface area contributed by atoms with Crippen LogP contribution in [0.2, 0.25) is 0 Å². The number of anilines is 1. The molecule has 2 rings (SSSR count). The van der Waals surface area contributed by atoms with Crippen LogP contribution in [0, 0.1) is 0 Å². The quantitative estimate of drug-likeness (QED) is 0.899. The average Bonchev–Trinajstić information content (AvgIpc) is 2.83. The monoisotopic (exact) mass is 274 g/mol. The maximum absolute atomic E-state index is 11.4. The highest BCUT2D eigenvalue weighted by Crippen LogP contribution is 2.35. The van der Waals surface area contributed by atoms with E-state index in [0.29, 0.717) is 17.0 Å². The first-order chi connectivity index (χ1) is 9.11. The maximum Gasteiger partial charge on any atom is 0.251 e. The van der Waals surface area contributed by atoms with Crippen molar-refractivity contribution >= 4 is 28.2 Å². The minimum absolute atomic E-state index is 0.135. The number of primary amides is 1. The molecule has 0 radical (unpaired) electrons. The third-order valence-corrected chi connectivity index (χ3v) is 3.73. The van der Waals surface area contributed by atoms with Crippen LogP contribution in [0.5, 0.6) is 0 Å². The number of hydrogen-bond acceptors (Lipinski definition) is 3. The summed E-state index contributed by atoms with van der Waals surface area (Å²) in [6.45, 7) is 1.75. The molecule has 2 aromatic rings. The molecule has 0 aliphatic rings. The Hall–Kier alpha value is -2.14. The zero-order chi connectivity index (χ0) is 13.8. The Kier molecular flexibility index (Phi) is 3.97. The third-order valence-electron chi connectivity index (χ3n) is 2.63. The van der Waals surface area contributed by atoms with Gasteiger partial charge in [-0.1, -0.05) is 37.3 Å². The minimum atomic E-state index is -0.537. The van der Waals surface area contributed by atoms with E-state index < -0.39 is 5.91 Å². The predicted molar refractivity (Wildman–Crippen MR) is 77.2 cm³/mol. The van der Waals surface area contributed by atoms with Crippen molar-refractivity contribution in [1.29, 1.82) is 0 Å². The van der Waals surface area contributed by atoms with Gasteiger partial charge in [0.25, 0.3) is 5.91 Å².